The fourth-order valence-corrected chi connectivity index (χ4v) is 6.20. The van der Waals surface area contributed by atoms with E-state index in [1.165, 1.54) is 0 Å². The quantitative estimate of drug-likeness (QED) is 0.280. The lowest BCUT2D eigenvalue weighted by atomic mass is 9.78. The Labute approximate surface area is 246 Å². The van der Waals surface area contributed by atoms with E-state index in [9.17, 15) is 19.5 Å². The molecule has 8 nitrogen and oxygen atoms in total. The standard InChI is InChI=1S/C34H38N2O6/c1-22(41-20-23-11-3-2-4-12-23)31(33(38)39)36-32(37)25-14-6-5-13-24(25)19-35-34(40)42-21-30-28-17-9-7-15-26(28)27-16-8-10-18-29(27)30/h2-4,7-12,15-18,22,24-25,30-31H,5-6,13-14,19-21H2,1H3,(H,35,40)(H,36,37)(H,38,39)/t22-,24?,25?,31+/m0/s1. The van der Waals surface area contributed by atoms with Crippen molar-refractivity contribution in [2.24, 2.45) is 11.8 Å². The van der Waals surface area contributed by atoms with Crippen LogP contribution in [0.3, 0.4) is 0 Å². The van der Waals surface area contributed by atoms with Gasteiger partial charge in [-0.15, -0.1) is 0 Å². The summed E-state index contributed by atoms with van der Waals surface area (Å²) >= 11 is 0. The molecule has 3 N–H and O–H groups in total. The van der Waals surface area contributed by atoms with E-state index in [2.05, 4.69) is 34.9 Å². The second kappa shape index (κ2) is 13.7. The molecular formula is C34H38N2O6. The number of fused-ring (bicyclic) bond motifs is 3. The monoisotopic (exact) mass is 570 g/mol. The van der Waals surface area contributed by atoms with Crippen molar-refractivity contribution in [2.75, 3.05) is 13.2 Å². The van der Waals surface area contributed by atoms with Crippen molar-refractivity contribution in [1.29, 1.82) is 0 Å². The van der Waals surface area contributed by atoms with Gasteiger partial charge in [-0.3, -0.25) is 4.79 Å². The predicted molar refractivity (Wildman–Crippen MR) is 159 cm³/mol. The number of carbonyl (C=O) groups is 3. The van der Waals surface area contributed by atoms with Crippen molar-refractivity contribution in [3.05, 3.63) is 95.6 Å². The minimum absolute atomic E-state index is 0.0320. The Bertz CT molecular complexity index is 1350. The van der Waals surface area contributed by atoms with Gasteiger partial charge in [-0.05, 0) is 53.5 Å². The fourth-order valence-electron chi connectivity index (χ4n) is 6.20. The lowest BCUT2D eigenvalue weighted by molar-refractivity contribution is -0.147. The first kappa shape index (κ1) is 29.3. The number of hydrogen-bond donors (Lipinski definition) is 3. The molecule has 0 radical (unpaired) electrons. The van der Waals surface area contributed by atoms with E-state index in [-0.39, 0.29) is 37.5 Å². The zero-order valence-electron chi connectivity index (χ0n) is 23.8. The molecule has 2 aliphatic carbocycles. The Kier molecular flexibility index (Phi) is 9.54. The summed E-state index contributed by atoms with van der Waals surface area (Å²) in [5.74, 6) is -2.02. The lowest BCUT2D eigenvalue weighted by Gasteiger charge is -2.32. The zero-order valence-corrected chi connectivity index (χ0v) is 23.8. The van der Waals surface area contributed by atoms with E-state index in [0.29, 0.717) is 6.42 Å². The third kappa shape index (κ3) is 6.82. The number of benzene rings is 3. The number of nitrogens with one attached hydrogen (secondary N) is 2. The Morgan fingerprint density at radius 1 is 0.881 bits per heavy atom. The van der Waals surface area contributed by atoms with Gasteiger partial charge in [0.25, 0.3) is 0 Å². The number of hydrogen-bond acceptors (Lipinski definition) is 5. The van der Waals surface area contributed by atoms with E-state index in [0.717, 1.165) is 47.1 Å². The molecular weight excluding hydrogens is 532 g/mol. The number of carboxylic acids is 1. The van der Waals surface area contributed by atoms with Crippen LogP contribution < -0.4 is 10.6 Å². The van der Waals surface area contributed by atoms with Gasteiger partial charge < -0.3 is 25.2 Å². The molecule has 0 spiro atoms. The van der Waals surface area contributed by atoms with Gasteiger partial charge >= 0.3 is 12.1 Å². The minimum Gasteiger partial charge on any atom is -0.480 e. The summed E-state index contributed by atoms with van der Waals surface area (Å²) in [6.45, 7) is 2.40. The number of ether oxygens (including phenoxy) is 2. The van der Waals surface area contributed by atoms with E-state index in [1.807, 2.05) is 54.6 Å². The fraction of sp³-hybridized carbons (Fsp3) is 0.382. The molecule has 8 heteroatoms. The number of carboxylic acid groups (broad SMARTS) is 1. The van der Waals surface area contributed by atoms with Gasteiger partial charge in [0.2, 0.25) is 5.91 Å². The molecule has 4 atom stereocenters. The summed E-state index contributed by atoms with van der Waals surface area (Å²) in [4.78, 5) is 38.1. The second-order valence-corrected chi connectivity index (χ2v) is 11.2. The maximum Gasteiger partial charge on any atom is 0.407 e. The van der Waals surface area contributed by atoms with E-state index in [4.69, 9.17) is 9.47 Å². The molecule has 5 rings (SSSR count). The van der Waals surface area contributed by atoms with Gasteiger partial charge in [-0.2, -0.15) is 0 Å². The lowest BCUT2D eigenvalue weighted by Crippen LogP contribution is -2.52. The molecule has 2 unspecified atom stereocenters. The van der Waals surface area contributed by atoms with Crippen LogP contribution in [0.25, 0.3) is 11.1 Å². The van der Waals surface area contributed by atoms with Gasteiger partial charge in [-0.25, -0.2) is 9.59 Å². The summed E-state index contributed by atoms with van der Waals surface area (Å²) in [5, 5.41) is 15.4. The average Bonchev–Trinajstić information content (AvgIpc) is 3.34. The molecule has 1 saturated carbocycles. The van der Waals surface area contributed by atoms with Crippen molar-refractivity contribution in [1.82, 2.24) is 10.6 Å². The molecule has 1 fully saturated rings. The van der Waals surface area contributed by atoms with E-state index < -0.39 is 30.1 Å². The minimum atomic E-state index is -1.18. The normalized spacial score (nSPS) is 19.2. The van der Waals surface area contributed by atoms with Crippen molar-refractivity contribution in [3.8, 4) is 11.1 Å². The third-order valence-corrected chi connectivity index (χ3v) is 8.49. The largest absolute Gasteiger partial charge is 0.480 e. The van der Waals surface area contributed by atoms with Crippen LogP contribution in [0.1, 0.15) is 55.2 Å². The Morgan fingerprint density at radius 3 is 2.17 bits per heavy atom. The Morgan fingerprint density at radius 2 is 1.50 bits per heavy atom. The molecule has 0 heterocycles. The highest BCUT2D eigenvalue weighted by atomic mass is 16.5. The van der Waals surface area contributed by atoms with Crippen LogP contribution >= 0.6 is 0 Å². The van der Waals surface area contributed by atoms with Crippen molar-refractivity contribution >= 4 is 18.0 Å². The summed E-state index contributed by atoms with van der Waals surface area (Å²) in [7, 11) is 0. The second-order valence-electron chi connectivity index (χ2n) is 11.2. The van der Waals surface area contributed by atoms with Gasteiger partial charge in [0.1, 0.15) is 6.61 Å². The number of aliphatic carboxylic acids is 1. The molecule has 220 valence electrons. The van der Waals surface area contributed by atoms with Crippen LogP contribution in [-0.4, -0.2) is 48.4 Å². The SMILES string of the molecule is C[C@H](OCc1ccccc1)[C@@H](NC(=O)C1CCCCC1CNC(=O)OCC1c2ccccc2-c2ccccc21)C(=O)O. The first-order valence-corrected chi connectivity index (χ1v) is 14.7. The molecule has 0 bridgehead atoms. The molecule has 0 aromatic heterocycles. The maximum atomic E-state index is 13.3. The van der Waals surface area contributed by atoms with Crippen LogP contribution in [0, 0.1) is 11.8 Å². The van der Waals surface area contributed by atoms with Crippen LogP contribution in [0.5, 0.6) is 0 Å². The van der Waals surface area contributed by atoms with Crippen LogP contribution in [0.15, 0.2) is 78.9 Å². The van der Waals surface area contributed by atoms with Gasteiger partial charge in [0, 0.05) is 18.4 Å². The zero-order chi connectivity index (χ0) is 29.5. The number of carbonyl (C=O) groups excluding carboxylic acids is 2. The van der Waals surface area contributed by atoms with E-state index >= 15 is 0 Å². The molecule has 2 aliphatic rings. The van der Waals surface area contributed by atoms with E-state index in [1.54, 1.807) is 6.92 Å². The average molecular weight is 571 g/mol. The summed E-state index contributed by atoms with van der Waals surface area (Å²) in [6, 6.07) is 24.6. The smallest absolute Gasteiger partial charge is 0.407 e. The Hall–Kier alpha value is -4.17. The van der Waals surface area contributed by atoms with Crippen molar-refractivity contribution < 1.29 is 29.0 Å². The summed E-state index contributed by atoms with van der Waals surface area (Å²) in [6.07, 6.45) is 1.96. The summed E-state index contributed by atoms with van der Waals surface area (Å²) < 4.78 is 11.5. The molecule has 0 saturated heterocycles. The van der Waals surface area contributed by atoms with Crippen LogP contribution in [-0.2, 0) is 25.7 Å². The number of alkyl carbamates (subject to hydrolysis) is 1. The highest BCUT2D eigenvalue weighted by Gasteiger charge is 2.36. The molecule has 3 aromatic carbocycles. The van der Waals surface area contributed by atoms with Gasteiger partial charge in [0.05, 0.1) is 12.7 Å². The first-order valence-electron chi connectivity index (χ1n) is 14.7. The number of rotatable bonds is 11. The molecule has 3 aromatic rings. The van der Waals surface area contributed by atoms with Crippen molar-refractivity contribution in [3.63, 3.8) is 0 Å². The molecule has 2 amide bonds. The molecule has 0 aliphatic heterocycles. The van der Waals surface area contributed by atoms with Crippen molar-refractivity contribution in [2.45, 2.75) is 57.3 Å². The third-order valence-electron chi connectivity index (χ3n) is 8.49. The van der Waals surface area contributed by atoms with Gasteiger partial charge in [-0.1, -0.05) is 91.7 Å². The highest BCUT2D eigenvalue weighted by Crippen LogP contribution is 2.44. The number of amides is 2. The Balaban J connectivity index is 1.14. The molecule has 42 heavy (non-hydrogen) atoms. The van der Waals surface area contributed by atoms with Crippen LogP contribution in [0.4, 0.5) is 4.79 Å². The maximum absolute atomic E-state index is 13.3. The van der Waals surface area contributed by atoms with Crippen LogP contribution in [0.2, 0.25) is 0 Å². The summed E-state index contributed by atoms with van der Waals surface area (Å²) in [5.41, 5.74) is 5.54. The predicted octanol–water partition coefficient (Wildman–Crippen LogP) is 5.51. The highest BCUT2D eigenvalue weighted by molar-refractivity contribution is 5.85. The topological polar surface area (TPSA) is 114 Å². The van der Waals surface area contributed by atoms with Gasteiger partial charge in [0.15, 0.2) is 6.04 Å². The first-order chi connectivity index (χ1) is 20.4.